The van der Waals surface area contributed by atoms with Crippen LogP contribution < -0.4 is 5.32 Å². The van der Waals surface area contributed by atoms with Gasteiger partial charge in [-0.3, -0.25) is 4.79 Å². The van der Waals surface area contributed by atoms with Crippen LogP contribution in [0.25, 0.3) is 0 Å². The predicted octanol–water partition coefficient (Wildman–Crippen LogP) is 2.99. The van der Waals surface area contributed by atoms with Gasteiger partial charge in [-0.15, -0.1) is 0 Å². The lowest BCUT2D eigenvalue weighted by molar-refractivity contribution is -0.136. The molecule has 1 unspecified atom stereocenters. The van der Waals surface area contributed by atoms with Gasteiger partial charge in [-0.1, -0.05) is 45.0 Å². The van der Waals surface area contributed by atoms with Crippen molar-refractivity contribution in [2.45, 2.75) is 52.6 Å². The molecular weight excluding hydrogens is 260 g/mol. The highest BCUT2D eigenvalue weighted by Crippen LogP contribution is 2.29. The van der Waals surface area contributed by atoms with Gasteiger partial charge in [0.15, 0.2) is 0 Å². The number of nitrogens with one attached hydrogen (secondary N) is 1. The van der Waals surface area contributed by atoms with Gasteiger partial charge in [-0.25, -0.2) is 0 Å². The predicted molar refractivity (Wildman–Crippen MR) is 87.1 cm³/mol. The van der Waals surface area contributed by atoms with Crippen molar-refractivity contribution in [1.29, 1.82) is 0 Å². The smallest absolute Gasteiger partial charge is 0.227 e. The fraction of sp³-hybridized carbons (Fsp3) is 0.611. The summed E-state index contributed by atoms with van der Waals surface area (Å²) in [4.78, 5) is 14.7. The number of hydrogen-bond acceptors (Lipinski definition) is 2. The van der Waals surface area contributed by atoms with Gasteiger partial charge in [0.2, 0.25) is 5.91 Å². The molecule has 1 saturated carbocycles. The summed E-state index contributed by atoms with van der Waals surface area (Å²) in [6.07, 6.45) is 3.38. The molecular formula is C18H28N2O. The second kappa shape index (κ2) is 7.60. The lowest BCUT2D eigenvalue weighted by atomic mass is 10.1. The van der Waals surface area contributed by atoms with E-state index in [1.165, 1.54) is 11.1 Å². The number of rotatable bonds is 8. The van der Waals surface area contributed by atoms with E-state index in [1.54, 1.807) is 0 Å². The minimum atomic E-state index is 0.0560. The van der Waals surface area contributed by atoms with Gasteiger partial charge in [0, 0.05) is 25.0 Å². The summed E-state index contributed by atoms with van der Waals surface area (Å²) in [6, 6.07) is 9.14. The highest BCUT2D eigenvalue weighted by molar-refractivity contribution is 5.79. The summed E-state index contributed by atoms with van der Waals surface area (Å²) >= 11 is 0. The molecule has 3 heteroatoms. The van der Waals surface area contributed by atoms with E-state index in [0.717, 1.165) is 38.9 Å². The van der Waals surface area contributed by atoms with E-state index in [9.17, 15) is 4.79 Å². The van der Waals surface area contributed by atoms with Crippen molar-refractivity contribution in [3.05, 3.63) is 35.4 Å². The van der Waals surface area contributed by atoms with E-state index in [-0.39, 0.29) is 11.8 Å². The van der Waals surface area contributed by atoms with Gasteiger partial charge in [0.05, 0.1) is 0 Å². The molecule has 0 aliphatic heterocycles. The molecule has 3 nitrogen and oxygen atoms in total. The molecule has 0 radical (unpaired) electrons. The first-order chi connectivity index (χ1) is 10.2. The average molecular weight is 288 g/mol. The maximum Gasteiger partial charge on any atom is 0.227 e. The lowest BCUT2D eigenvalue weighted by Gasteiger charge is -2.26. The second-order valence-electron chi connectivity index (χ2n) is 6.08. The summed E-state index contributed by atoms with van der Waals surface area (Å²) in [5.74, 6) is 0.346. The molecule has 1 aliphatic rings. The third-order valence-electron chi connectivity index (χ3n) is 4.18. The third-order valence-corrected chi connectivity index (χ3v) is 4.18. The Bertz CT molecular complexity index is 451. The van der Waals surface area contributed by atoms with E-state index in [4.69, 9.17) is 0 Å². The molecule has 1 aliphatic carbocycles. The van der Waals surface area contributed by atoms with Crippen LogP contribution in [0.2, 0.25) is 0 Å². The zero-order valence-corrected chi connectivity index (χ0v) is 13.6. The summed E-state index contributed by atoms with van der Waals surface area (Å²) in [7, 11) is 0. The molecule has 0 aromatic heterocycles. The number of benzene rings is 1. The molecule has 1 atom stereocenters. The van der Waals surface area contributed by atoms with Crippen molar-refractivity contribution in [1.82, 2.24) is 10.2 Å². The number of aryl methyl sites for hydroxylation is 1. The molecule has 1 amide bonds. The summed E-state index contributed by atoms with van der Waals surface area (Å²) < 4.78 is 0. The molecule has 1 fully saturated rings. The number of carbonyl (C=O) groups excluding carboxylic acids is 1. The standard InChI is InChI=1S/C18H28N2O/c1-4-15-6-8-16(9-7-15)13-20(17-10-11-17)18(21)14(3)12-19-5-2/h6-9,14,17,19H,4-5,10-13H2,1-3H3. The zero-order chi connectivity index (χ0) is 15.2. The SMILES string of the molecule is CCNCC(C)C(=O)N(Cc1ccc(CC)cc1)C1CC1. The van der Waals surface area contributed by atoms with Crippen molar-refractivity contribution >= 4 is 5.91 Å². The normalized spacial score (nSPS) is 15.8. The van der Waals surface area contributed by atoms with Crippen LogP contribution in [-0.4, -0.2) is 29.9 Å². The first-order valence-corrected chi connectivity index (χ1v) is 8.24. The Kier molecular flexibility index (Phi) is 5.80. The minimum absolute atomic E-state index is 0.0560. The Labute approximate surface area is 128 Å². The van der Waals surface area contributed by atoms with E-state index in [1.807, 2.05) is 6.92 Å². The van der Waals surface area contributed by atoms with Gasteiger partial charge in [0.1, 0.15) is 0 Å². The Morgan fingerprint density at radius 2 is 1.86 bits per heavy atom. The monoisotopic (exact) mass is 288 g/mol. The maximum atomic E-state index is 12.6. The van der Waals surface area contributed by atoms with Crippen molar-refractivity contribution in [3.63, 3.8) is 0 Å². The van der Waals surface area contributed by atoms with Gasteiger partial charge in [-0.2, -0.15) is 0 Å². The van der Waals surface area contributed by atoms with E-state index < -0.39 is 0 Å². The summed E-state index contributed by atoms with van der Waals surface area (Å²) in [5.41, 5.74) is 2.59. The van der Waals surface area contributed by atoms with Crippen LogP contribution in [0, 0.1) is 5.92 Å². The minimum Gasteiger partial charge on any atom is -0.335 e. The largest absolute Gasteiger partial charge is 0.335 e. The first kappa shape index (κ1) is 16.0. The molecule has 21 heavy (non-hydrogen) atoms. The van der Waals surface area contributed by atoms with Crippen LogP contribution in [0.1, 0.15) is 44.7 Å². The molecule has 1 aromatic carbocycles. The van der Waals surface area contributed by atoms with Crippen LogP contribution >= 0.6 is 0 Å². The molecule has 0 saturated heterocycles. The van der Waals surface area contributed by atoms with Gasteiger partial charge < -0.3 is 10.2 Å². The fourth-order valence-corrected chi connectivity index (χ4v) is 2.58. The molecule has 0 bridgehead atoms. The Hall–Kier alpha value is -1.35. The second-order valence-corrected chi connectivity index (χ2v) is 6.08. The van der Waals surface area contributed by atoms with Crippen LogP contribution in [0.3, 0.4) is 0 Å². The van der Waals surface area contributed by atoms with Crippen molar-refractivity contribution < 1.29 is 4.79 Å². The van der Waals surface area contributed by atoms with Gasteiger partial charge in [-0.05, 0) is 36.9 Å². The molecule has 0 heterocycles. The topological polar surface area (TPSA) is 32.3 Å². The third kappa shape index (κ3) is 4.57. The highest BCUT2D eigenvalue weighted by atomic mass is 16.2. The van der Waals surface area contributed by atoms with Gasteiger partial charge >= 0.3 is 0 Å². The molecule has 2 rings (SSSR count). The Morgan fingerprint density at radius 1 is 1.24 bits per heavy atom. The van der Waals surface area contributed by atoms with Crippen molar-refractivity contribution in [3.8, 4) is 0 Å². The molecule has 116 valence electrons. The first-order valence-electron chi connectivity index (χ1n) is 8.24. The van der Waals surface area contributed by atoms with Crippen LogP contribution in [0.15, 0.2) is 24.3 Å². The number of carbonyl (C=O) groups is 1. The molecule has 1 aromatic rings. The molecule has 1 N–H and O–H groups in total. The quantitative estimate of drug-likeness (QED) is 0.797. The van der Waals surface area contributed by atoms with E-state index in [0.29, 0.717) is 6.04 Å². The summed E-state index contributed by atoms with van der Waals surface area (Å²) in [6.45, 7) is 8.71. The Morgan fingerprint density at radius 3 is 2.38 bits per heavy atom. The fourth-order valence-electron chi connectivity index (χ4n) is 2.58. The van der Waals surface area contributed by atoms with Crippen molar-refractivity contribution in [2.75, 3.05) is 13.1 Å². The highest BCUT2D eigenvalue weighted by Gasteiger charge is 2.34. The number of hydrogen-bond donors (Lipinski definition) is 1. The number of amides is 1. The average Bonchev–Trinajstić information content (AvgIpc) is 3.34. The molecule has 0 spiro atoms. The van der Waals surface area contributed by atoms with Crippen LogP contribution in [0.5, 0.6) is 0 Å². The maximum absolute atomic E-state index is 12.6. The van der Waals surface area contributed by atoms with Crippen molar-refractivity contribution in [2.24, 2.45) is 5.92 Å². The Balaban J connectivity index is 1.99. The number of nitrogens with zero attached hydrogens (tertiary/aromatic N) is 1. The van der Waals surface area contributed by atoms with E-state index in [2.05, 4.69) is 48.3 Å². The zero-order valence-electron chi connectivity index (χ0n) is 13.6. The van der Waals surface area contributed by atoms with E-state index >= 15 is 0 Å². The lowest BCUT2D eigenvalue weighted by Crippen LogP contribution is -2.40. The van der Waals surface area contributed by atoms with Crippen LogP contribution in [0.4, 0.5) is 0 Å². The van der Waals surface area contributed by atoms with Crippen LogP contribution in [-0.2, 0) is 17.8 Å². The summed E-state index contributed by atoms with van der Waals surface area (Å²) in [5, 5.41) is 3.27. The van der Waals surface area contributed by atoms with Gasteiger partial charge in [0.25, 0.3) is 0 Å².